The van der Waals surface area contributed by atoms with Gasteiger partial charge >= 0.3 is 0 Å². The zero-order valence-electron chi connectivity index (χ0n) is 10.2. The highest BCUT2D eigenvalue weighted by Crippen LogP contribution is 2.09. The van der Waals surface area contributed by atoms with E-state index in [-0.39, 0.29) is 11.4 Å². The van der Waals surface area contributed by atoms with Crippen molar-refractivity contribution in [3.05, 3.63) is 29.8 Å². The number of carbonyl (C=O) groups excluding carboxylic acids is 1. The lowest BCUT2D eigenvalue weighted by Gasteiger charge is -2.16. The molecule has 0 aliphatic carbocycles. The molecule has 6 nitrogen and oxygen atoms in total. The van der Waals surface area contributed by atoms with Crippen molar-refractivity contribution >= 4 is 15.9 Å². The van der Waals surface area contributed by atoms with Crippen molar-refractivity contribution < 1.29 is 18.3 Å². The van der Waals surface area contributed by atoms with Crippen molar-refractivity contribution in [3.8, 4) is 0 Å². The van der Waals surface area contributed by atoms with Crippen LogP contribution in [-0.4, -0.2) is 25.0 Å². The summed E-state index contributed by atoms with van der Waals surface area (Å²) >= 11 is 0. The topological polar surface area (TPSA) is 109 Å². The summed E-state index contributed by atoms with van der Waals surface area (Å²) in [5.41, 5.74) is -0.736. The minimum Gasteiger partial charge on any atom is -0.381 e. The molecule has 18 heavy (non-hydrogen) atoms. The lowest BCUT2D eigenvalue weighted by atomic mass is 10.1. The molecule has 0 aliphatic heterocycles. The molecule has 0 radical (unpaired) electrons. The molecule has 100 valence electrons. The van der Waals surface area contributed by atoms with E-state index >= 15 is 0 Å². The molecule has 1 amide bonds. The average Bonchev–Trinajstić information content (AvgIpc) is 2.24. The number of benzene rings is 1. The quantitative estimate of drug-likeness (QED) is 0.700. The number of sulfonamides is 1. The van der Waals surface area contributed by atoms with Gasteiger partial charge in [0.25, 0.3) is 5.91 Å². The summed E-state index contributed by atoms with van der Waals surface area (Å²) < 4.78 is 22.0. The van der Waals surface area contributed by atoms with Gasteiger partial charge in [-0.3, -0.25) is 4.79 Å². The molecule has 0 saturated heterocycles. The van der Waals surface area contributed by atoms with Gasteiger partial charge in [0.2, 0.25) is 10.0 Å². The van der Waals surface area contributed by atoms with Gasteiger partial charge in [0.05, 0.1) is 4.90 Å². The molecule has 1 aromatic rings. The van der Waals surface area contributed by atoms with Gasteiger partial charge in [0.15, 0.2) is 0 Å². The maximum Gasteiger partial charge on any atom is 0.251 e. The normalized spacial score (nSPS) is 12.2. The van der Waals surface area contributed by atoms with Crippen LogP contribution in [0.3, 0.4) is 0 Å². The first-order valence-electron chi connectivity index (χ1n) is 5.23. The summed E-state index contributed by atoms with van der Waals surface area (Å²) in [5, 5.41) is 16.9. The Kier molecular flexibility index (Phi) is 4.10. The molecule has 7 heteroatoms. The number of amides is 1. The standard InChI is InChI=1S/C11H16N2O4S/c1-11(2,15)10(14)13-7-8-3-5-9(6-4-8)18(12,16)17/h3-6,15H,7H2,1-2H3,(H,13,14)(H2,12,16,17). The minimum atomic E-state index is -3.70. The summed E-state index contributed by atoms with van der Waals surface area (Å²) in [4.78, 5) is 11.4. The second kappa shape index (κ2) is 5.05. The predicted molar refractivity (Wildman–Crippen MR) is 66.0 cm³/mol. The van der Waals surface area contributed by atoms with Crippen LogP contribution < -0.4 is 10.5 Å². The second-order valence-electron chi connectivity index (χ2n) is 4.43. The van der Waals surface area contributed by atoms with Crippen molar-refractivity contribution in [2.45, 2.75) is 30.9 Å². The lowest BCUT2D eigenvalue weighted by Crippen LogP contribution is -2.41. The van der Waals surface area contributed by atoms with Crippen LogP contribution in [0.1, 0.15) is 19.4 Å². The number of hydrogen-bond acceptors (Lipinski definition) is 4. The Morgan fingerprint density at radius 1 is 1.33 bits per heavy atom. The number of rotatable bonds is 4. The van der Waals surface area contributed by atoms with E-state index in [0.717, 1.165) is 0 Å². The monoisotopic (exact) mass is 272 g/mol. The first-order valence-corrected chi connectivity index (χ1v) is 6.78. The Morgan fingerprint density at radius 3 is 2.22 bits per heavy atom. The van der Waals surface area contributed by atoms with Crippen LogP contribution in [0.15, 0.2) is 29.2 Å². The highest BCUT2D eigenvalue weighted by molar-refractivity contribution is 7.89. The van der Waals surface area contributed by atoms with Crippen LogP contribution >= 0.6 is 0 Å². The van der Waals surface area contributed by atoms with Gasteiger partial charge in [-0.05, 0) is 31.5 Å². The minimum absolute atomic E-state index is 0.0139. The molecular formula is C11H16N2O4S. The molecule has 0 fully saturated rings. The molecule has 0 aliphatic rings. The Hall–Kier alpha value is -1.44. The van der Waals surface area contributed by atoms with E-state index in [1.807, 2.05) is 0 Å². The predicted octanol–water partition coefficient (Wildman–Crippen LogP) is -0.279. The van der Waals surface area contributed by atoms with E-state index < -0.39 is 21.5 Å². The Morgan fingerprint density at radius 2 is 1.83 bits per heavy atom. The summed E-state index contributed by atoms with van der Waals surface area (Å²) in [7, 11) is -3.70. The lowest BCUT2D eigenvalue weighted by molar-refractivity contribution is -0.136. The number of hydrogen-bond donors (Lipinski definition) is 3. The van der Waals surface area contributed by atoms with E-state index in [4.69, 9.17) is 5.14 Å². The third kappa shape index (κ3) is 4.10. The summed E-state index contributed by atoms with van der Waals surface area (Å²) in [6.07, 6.45) is 0. The van der Waals surface area contributed by atoms with Crippen LogP contribution in [-0.2, 0) is 21.4 Å². The van der Waals surface area contributed by atoms with E-state index in [1.165, 1.54) is 26.0 Å². The van der Waals surface area contributed by atoms with E-state index in [0.29, 0.717) is 5.56 Å². The average molecular weight is 272 g/mol. The maximum atomic E-state index is 11.4. The Bertz CT molecular complexity index is 529. The molecule has 0 heterocycles. The summed E-state index contributed by atoms with van der Waals surface area (Å²) in [5.74, 6) is -0.502. The molecule has 1 aromatic carbocycles. The van der Waals surface area contributed by atoms with Gasteiger partial charge in [-0.25, -0.2) is 13.6 Å². The fourth-order valence-electron chi connectivity index (χ4n) is 1.20. The van der Waals surface area contributed by atoms with Crippen LogP contribution in [0.25, 0.3) is 0 Å². The molecule has 0 spiro atoms. The number of aliphatic hydroxyl groups is 1. The number of primary sulfonamides is 1. The van der Waals surface area contributed by atoms with Gasteiger partial charge in [0, 0.05) is 6.54 Å². The third-order valence-electron chi connectivity index (χ3n) is 2.26. The Labute approximate surface area is 106 Å². The fraction of sp³-hybridized carbons (Fsp3) is 0.364. The van der Waals surface area contributed by atoms with Gasteiger partial charge in [-0.1, -0.05) is 12.1 Å². The van der Waals surface area contributed by atoms with Crippen LogP contribution in [0.2, 0.25) is 0 Å². The second-order valence-corrected chi connectivity index (χ2v) is 5.99. The number of nitrogens with two attached hydrogens (primary N) is 1. The summed E-state index contributed by atoms with van der Waals surface area (Å²) in [6.45, 7) is 2.96. The van der Waals surface area contributed by atoms with Crippen LogP contribution in [0, 0.1) is 0 Å². The number of carbonyl (C=O) groups is 1. The van der Waals surface area contributed by atoms with Gasteiger partial charge in [-0.2, -0.15) is 0 Å². The molecule has 1 rings (SSSR count). The molecular weight excluding hydrogens is 256 g/mol. The molecule has 0 atom stereocenters. The van der Waals surface area contributed by atoms with Crippen LogP contribution in [0.5, 0.6) is 0 Å². The first-order chi connectivity index (χ1) is 8.10. The highest BCUT2D eigenvalue weighted by Gasteiger charge is 2.22. The zero-order valence-corrected chi connectivity index (χ0v) is 11.0. The molecule has 0 aromatic heterocycles. The molecule has 0 bridgehead atoms. The van der Waals surface area contributed by atoms with E-state index in [9.17, 15) is 18.3 Å². The maximum absolute atomic E-state index is 11.4. The van der Waals surface area contributed by atoms with E-state index in [2.05, 4.69) is 5.32 Å². The van der Waals surface area contributed by atoms with Gasteiger partial charge in [-0.15, -0.1) is 0 Å². The van der Waals surface area contributed by atoms with Crippen molar-refractivity contribution in [1.29, 1.82) is 0 Å². The van der Waals surface area contributed by atoms with Crippen molar-refractivity contribution in [3.63, 3.8) is 0 Å². The number of nitrogens with one attached hydrogen (secondary N) is 1. The first kappa shape index (κ1) is 14.6. The molecule has 4 N–H and O–H groups in total. The Balaban J connectivity index is 2.69. The summed E-state index contributed by atoms with van der Waals surface area (Å²) in [6, 6.07) is 5.82. The van der Waals surface area contributed by atoms with Gasteiger partial charge < -0.3 is 10.4 Å². The zero-order chi connectivity index (χ0) is 14.0. The molecule has 0 unspecified atom stereocenters. The molecule has 0 saturated carbocycles. The van der Waals surface area contributed by atoms with Crippen LogP contribution in [0.4, 0.5) is 0 Å². The largest absolute Gasteiger partial charge is 0.381 e. The smallest absolute Gasteiger partial charge is 0.251 e. The highest BCUT2D eigenvalue weighted by atomic mass is 32.2. The van der Waals surface area contributed by atoms with E-state index in [1.54, 1.807) is 12.1 Å². The fourth-order valence-corrected chi connectivity index (χ4v) is 1.71. The third-order valence-corrected chi connectivity index (χ3v) is 3.19. The van der Waals surface area contributed by atoms with Crippen molar-refractivity contribution in [2.24, 2.45) is 5.14 Å². The van der Waals surface area contributed by atoms with Crippen molar-refractivity contribution in [2.75, 3.05) is 0 Å². The van der Waals surface area contributed by atoms with Gasteiger partial charge in [0.1, 0.15) is 5.60 Å². The SMILES string of the molecule is CC(C)(O)C(=O)NCc1ccc(S(N)(=O)=O)cc1. The van der Waals surface area contributed by atoms with Crippen molar-refractivity contribution in [1.82, 2.24) is 5.32 Å².